The van der Waals surface area contributed by atoms with Crippen LogP contribution in [0.5, 0.6) is 0 Å². The summed E-state index contributed by atoms with van der Waals surface area (Å²) in [7, 11) is 0. The zero-order valence-corrected chi connectivity index (χ0v) is 8.79. The van der Waals surface area contributed by atoms with Gasteiger partial charge in [0.05, 0.1) is 12.7 Å². The van der Waals surface area contributed by atoms with Crippen molar-refractivity contribution < 1.29 is 4.74 Å². The lowest BCUT2D eigenvalue weighted by Gasteiger charge is -2.28. The van der Waals surface area contributed by atoms with E-state index < -0.39 is 0 Å². The molecule has 0 spiro atoms. The topological polar surface area (TPSA) is 21.3 Å². The predicted molar refractivity (Wildman–Crippen MR) is 57.3 cm³/mol. The zero-order chi connectivity index (χ0) is 9.97. The van der Waals surface area contributed by atoms with E-state index in [0.29, 0.717) is 6.04 Å². The molecule has 0 aromatic heterocycles. The fourth-order valence-electron chi connectivity index (χ4n) is 1.77. The summed E-state index contributed by atoms with van der Waals surface area (Å²) in [5, 5.41) is 3.42. The predicted octanol–water partition coefficient (Wildman–Crippen LogP) is 2.04. The van der Waals surface area contributed by atoms with Gasteiger partial charge in [-0.25, -0.2) is 0 Å². The van der Waals surface area contributed by atoms with Crippen LogP contribution in [0.1, 0.15) is 24.2 Å². The molecular formula is C12H17NO. The molecule has 0 bridgehead atoms. The van der Waals surface area contributed by atoms with Crippen LogP contribution in [0.15, 0.2) is 24.3 Å². The van der Waals surface area contributed by atoms with Gasteiger partial charge in [0.15, 0.2) is 0 Å². The Hall–Kier alpha value is -0.860. The summed E-state index contributed by atoms with van der Waals surface area (Å²) in [6, 6.07) is 9.02. The Kier molecular flexibility index (Phi) is 2.85. The van der Waals surface area contributed by atoms with Crippen molar-refractivity contribution in [1.82, 2.24) is 5.32 Å². The lowest BCUT2D eigenvalue weighted by molar-refractivity contribution is 0.00693. The Morgan fingerprint density at radius 3 is 2.93 bits per heavy atom. The van der Waals surface area contributed by atoms with Crippen molar-refractivity contribution in [3.8, 4) is 0 Å². The molecule has 1 aliphatic heterocycles. The first-order chi connectivity index (χ1) is 6.75. The lowest BCUT2D eigenvalue weighted by Crippen LogP contribution is -2.40. The van der Waals surface area contributed by atoms with Crippen molar-refractivity contribution in [1.29, 1.82) is 0 Å². The van der Waals surface area contributed by atoms with Gasteiger partial charge in [0, 0.05) is 12.6 Å². The second kappa shape index (κ2) is 4.11. The van der Waals surface area contributed by atoms with Crippen LogP contribution < -0.4 is 5.32 Å². The van der Waals surface area contributed by atoms with Crippen LogP contribution in [-0.4, -0.2) is 19.2 Å². The third kappa shape index (κ3) is 2.14. The molecule has 2 rings (SSSR count). The number of ether oxygens (including phenoxy) is 1. The molecule has 2 atom stereocenters. The van der Waals surface area contributed by atoms with E-state index in [1.54, 1.807) is 0 Å². The molecule has 0 amide bonds. The summed E-state index contributed by atoms with van der Waals surface area (Å²) in [6.07, 6.45) is 0.228. The first-order valence-electron chi connectivity index (χ1n) is 5.17. The smallest absolute Gasteiger partial charge is 0.0950 e. The third-order valence-corrected chi connectivity index (χ3v) is 2.61. The van der Waals surface area contributed by atoms with Gasteiger partial charge in [-0.3, -0.25) is 0 Å². The average Bonchev–Trinajstić information content (AvgIpc) is 2.19. The van der Waals surface area contributed by atoms with Crippen molar-refractivity contribution in [2.45, 2.75) is 26.0 Å². The van der Waals surface area contributed by atoms with E-state index in [0.717, 1.165) is 13.2 Å². The minimum absolute atomic E-state index is 0.228. The minimum Gasteiger partial charge on any atom is -0.371 e. The summed E-state index contributed by atoms with van der Waals surface area (Å²) in [6.45, 7) is 5.98. The Balaban J connectivity index is 2.08. The summed E-state index contributed by atoms with van der Waals surface area (Å²) in [5.74, 6) is 0. The molecular weight excluding hydrogens is 174 g/mol. The van der Waals surface area contributed by atoms with Crippen LogP contribution in [0.3, 0.4) is 0 Å². The maximum atomic E-state index is 5.77. The molecule has 1 saturated heterocycles. The number of aryl methyl sites for hydroxylation is 1. The van der Waals surface area contributed by atoms with Crippen LogP contribution in [0.4, 0.5) is 0 Å². The van der Waals surface area contributed by atoms with Gasteiger partial charge in [-0.1, -0.05) is 29.8 Å². The third-order valence-electron chi connectivity index (χ3n) is 2.61. The van der Waals surface area contributed by atoms with Crippen LogP contribution in [-0.2, 0) is 4.74 Å². The molecule has 0 saturated carbocycles. The molecule has 1 N–H and O–H groups in total. The van der Waals surface area contributed by atoms with Gasteiger partial charge >= 0.3 is 0 Å². The van der Waals surface area contributed by atoms with Gasteiger partial charge in [-0.2, -0.15) is 0 Å². The monoisotopic (exact) mass is 191 g/mol. The Morgan fingerprint density at radius 2 is 2.29 bits per heavy atom. The number of benzene rings is 1. The molecule has 1 heterocycles. The number of rotatable bonds is 1. The quantitative estimate of drug-likeness (QED) is 0.733. The van der Waals surface area contributed by atoms with Crippen LogP contribution >= 0.6 is 0 Å². The maximum absolute atomic E-state index is 5.77. The Labute approximate surface area is 85.3 Å². The van der Waals surface area contributed by atoms with Gasteiger partial charge in [-0.15, -0.1) is 0 Å². The average molecular weight is 191 g/mol. The van der Waals surface area contributed by atoms with E-state index >= 15 is 0 Å². The Morgan fingerprint density at radius 1 is 1.43 bits per heavy atom. The molecule has 0 radical (unpaired) electrons. The highest BCUT2D eigenvalue weighted by Gasteiger charge is 2.19. The van der Waals surface area contributed by atoms with Gasteiger partial charge in [-0.05, 0) is 19.4 Å². The van der Waals surface area contributed by atoms with E-state index in [1.165, 1.54) is 11.1 Å². The molecule has 1 aromatic rings. The molecule has 76 valence electrons. The first-order valence-corrected chi connectivity index (χ1v) is 5.17. The first kappa shape index (κ1) is 9.69. The number of morpholine rings is 1. The van der Waals surface area contributed by atoms with Gasteiger partial charge in [0.2, 0.25) is 0 Å². The van der Waals surface area contributed by atoms with E-state index in [4.69, 9.17) is 4.74 Å². The zero-order valence-electron chi connectivity index (χ0n) is 8.79. The lowest BCUT2D eigenvalue weighted by atomic mass is 10.1. The van der Waals surface area contributed by atoms with Gasteiger partial charge in [0.25, 0.3) is 0 Å². The molecule has 2 unspecified atom stereocenters. The standard InChI is InChI=1S/C12H17NO/c1-9-4-3-5-11(6-9)12-7-13-10(2)8-14-12/h3-6,10,12-13H,7-8H2,1-2H3. The van der Waals surface area contributed by atoms with Crippen molar-refractivity contribution in [3.05, 3.63) is 35.4 Å². The largest absolute Gasteiger partial charge is 0.371 e. The van der Waals surface area contributed by atoms with E-state index in [-0.39, 0.29) is 6.10 Å². The normalized spacial score (nSPS) is 27.6. The highest BCUT2D eigenvalue weighted by atomic mass is 16.5. The van der Waals surface area contributed by atoms with E-state index in [2.05, 4.69) is 43.4 Å². The van der Waals surface area contributed by atoms with Gasteiger partial charge in [0.1, 0.15) is 0 Å². The summed E-state index contributed by atoms with van der Waals surface area (Å²) in [5.41, 5.74) is 2.58. The van der Waals surface area contributed by atoms with Gasteiger partial charge < -0.3 is 10.1 Å². The van der Waals surface area contributed by atoms with Crippen molar-refractivity contribution >= 4 is 0 Å². The van der Waals surface area contributed by atoms with Crippen LogP contribution in [0.25, 0.3) is 0 Å². The fraction of sp³-hybridized carbons (Fsp3) is 0.500. The highest BCUT2D eigenvalue weighted by Crippen LogP contribution is 2.20. The highest BCUT2D eigenvalue weighted by molar-refractivity contribution is 5.24. The van der Waals surface area contributed by atoms with Crippen LogP contribution in [0, 0.1) is 6.92 Å². The molecule has 2 heteroatoms. The second-order valence-corrected chi connectivity index (χ2v) is 4.05. The number of hydrogen-bond donors (Lipinski definition) is 1. The SMILES string of the molecule is Cc1cccc(C2CNC(C)CO2)c1. The van der Waals surface area contributed by atoms with Crippen molar-refractivity contribution in [3.63, 3.8) is 0 Å². The molecule has 14 heavy (non-hydrogen) atoms. The number of nitrogens with one attached hydrogen (secondary N) is 1. The summed E-state index contributed by atoms with van der Waals surface area (Å²) >= 11 is 0. The van der Waals surface area contributed by atoms with Crippen LogP contribution in [0.2, 0.25) is 0 Å². The van der Waals surface area contributed by atoms with E-state index in [9.17, 15) is 0 Å². The minimum atomic E-state index is 0.228. The second-order valence-electron chi connectivity index (χ2n) is 4.05. The summed E-state index contributed by atoms with van der Waals surface area (Å²) < 4.78 is 5.77. The molecule has 2 nitrogen and oxygen atoms in total. The summed E-state index contributed by atoms with van der Waals surface area (Å²) in [4.78, 5) is 0. The Bertz CT molecular complexity index is 303. The fourth-order valence-corrected chi connectivity index (χ4v) is 1.77. The van der Waals surface area contributed by atoms with E-state index in [1.807, 2.05) is 0 Å². The molecule has 1 aromatic carbocycles. The maximum Gasteiger partial charge on any atom is 0.0950 e. The molecule has 1 fully saturated rings. The van der Waals surface area contributed by atoms with Crippen molar-refractivity contribution in [2.24, 2.45) is 0 Å². The molecule has 1 aliphatic rings. The van der Waals surface area contributed by atoms with Crippen molar-refractivity contribution in [2.75, 3.05) is 13.2 Å². The number of hydrogen-bond acceptors (Lipinski definition) is 2. The molecule has 0 aliphatic carbocycles.